The number of hydrogen-bond donors (Lipinski definition) is 1. The quantitative estimate of drug-likeness (QED) is 0.647. The first kappa shape index (κ1) is 12.0. The highest BCUT2D eigenvalue weighted by Crippen LogP contribution is 2.36. The van der Waals surface area contributed by atoms with Crippen LogP contribution in [0.2, 0.25) is 0 Å². The second-order valence-electron chi connectivity index (χ2n) is 6.59. The van der Waals surface area contributed by atoms with Gasteiger partial charge in [0.1, 0.15) is 0 Å². The van der Waals surface area contributed by atoms with Crippen LogP contribution in [0.4, 0.5) is 0 Å². The first-order valence-corrected chi connectivity index (χ1v) is 5.57. The monoisotopic (exact) mass is 199 g/mol. The number of aliphatic hydroxyl groups is 1. The van der Waals surface area contributed by atoms with Crippen molar-refractivity contribution in [3.63, 3.8) is 0 Å². The van der Waals surface area contributed by atoms with Crippen molar-refractivity contribution in [1.29, 1.82) is 0 Å². The van der Waals surface area contributed by atoms with Gasteiger partial charge in [-0.1, -0.05) is 20.8 Å². The molecule has 0 spiro atoms. The smallest absolute Gasteiger partial charge is 0.0682 e. The number of likely N-dealkylation sites (tertiary alicyclic amines) is 1. The highest BCUT2D eigenvalue weighted by atomic mass is 16.3. The Morgan fingerprint density at radius 1 is 1.07 bits per heavy atom. The van der Waals surface area contributed by atoms with Crippen LogP contribution in [0, 0.1) is 5.41 Å². The molecule has 0 amide bonds. The summed E-state index contributed by atoms with van der Waals surface area (Å²) in [5, 5.41) is 9.75. The molecule has 2 atom stereocenters. The van der Waals surface area contributed by atoms with Crippen molar-refractivity contribution in [2.75, 3.05) is 6.54 Å². The highest BCUT2D eigenvalue weighted by Gasteiger charge is 2.42. The van der Waals surface area contributed by atoms with Gasteiger partial charge in [-0.2, -0.15) is 0 Å². The van der Waals surface area contributed by atoms with Crippen molar-refractivity contribution < 1.29 is 5.11 Å². The molecule has 0 aromatic heterocycles. The van der Waals surface area contributed by atoms with Gasteiger partial charge in [0.05, 0.1) is 6.10 Å². The average Bonchev–Trinajstić information content (AvgIpc) is 2.27. The van der Waals surface area contributed by atoms with Crippen LogP contribution in [0.1, 0.15) is 48.0 Å². The molecule has 1 aliphatic heterocycles. The van der Waals surface area contributed by atoms with Gasteiger partial charge >= 0.3 is 0 Å². The molecule has 0 saturated carbocycles. The lowest BCUT2D eigenvalue weighted by molar-refractivity contribution is 0.0551. The first-order valence-electron chi connectivity index (χ1n) is 5.57. The molecule has 1 saturated heterocycles. The fraction of sp³-hybridized carbons (Fsp3) is 1.00. The zero-order valence-corrected chi connectivity index (χ0v) is 10.5. The minimum absolute atomic E-state index is 0.140. The molecule has 0 bridgehead atoms. The first-order chi connectivity index (χ1) is 6.12. The van der Waals surface area contributed by atoms with E-state index in [9.17, 15) is 5.11 Å². The Hall–Kier alpha value is -0.0800. The Balaban J connectivity index is 2.84. The third kappa shape index (κ3) is 2.48. The number of nitrogens with zero attached hydrogens (tertiary/aromatic N) is 1. The summed E-state index contributed by atoms with van der Waals surface area (Å²) in [7, 11) is 0. The fourth-order valence-corrected chi connectivity index (χ4v) is 2.38. The van der Waals surface area contributed by atoms with Crippen molar-refractivity contribution in [2.24, 2.45) is 5.41 Å². The Morgan fingerprint density at radius 3 is 1.86 bits per heavy atom. The molecule has 0 radical (unpaired) electrons. The summed E-state index contributed by atoms with van der Waals surface area (Å²) >= 11 is 0. The Bertz CT molecular complexity index is 177. The maximum Gasteiger partial charge on any atom is 0.0682 e. The summed E-state index contributed by atoms with van der Waals surface area (Å²) in [4.78, 5) is 2.44. The minimum Gasteiger partial charge on any atom is -0.392 e. The van der Waals surface area contributed by atoms with Crippen molar-refractivity contribution >= 4 is 0 Å². The molecular formula is C12H25NO. The normalized spacial score (nSPS) is 31.1. The maximum atomic E-state index is 9.75. The zero-order chi connectivity index (χ0) is 11.1. The fourth-order valence-electron chi connectivity index (χ4n) is 2.38. The molecule has 2 nitrogen and oxygen atoms in total. The number of aliphatic hydroxyl groups excluding tert-OH is 1. The van der Waals surface area contributed by atoms with E-state index in [1.807, 2.05) is 0 Å². The van der Waals surface area contributed by atoms with Crippen LogP contribution in [0.3, 0.4) is 0 Å². The van der Waals surface area contributed by atoms with Gasteiger partial charge in [0.2, 0.25) is 0 Å². The van der Waals surface area contributed by atoms with Crippen LogP contribution < -0.4 is 0 Å². The third-order valence-corrected chi connectivity index (χ3v) is 3.14. The van der Waals surface area contributed by atoms with Crippen molar-refractivity contribution in [2.45, 2.75) is 65.6 Å². The standard InChI is InChI=1S/C12H25NO/c1-11(2,3)10-7-9(14)8-13(10)12(4,5)6/h9-10,14H,7-8H2,1-6H3/t9?,10-/m0/s1. The van der Waals surface area contributed by atoms with E-state index in [2.05, 4.69) is 46.4 Å². The molecule has 0 aliphatic carbocycles. The lowest BCUT2D eigenvalue weighted by Crippen LogP contribution is -2.49. The molecular weight excluding hydrogens is 174 g/mol. The third-order valence-electron chi connectivity index (χ3n) is 3.14. The summed E-state index contributed by atoms with van der Waals surface area (Å²) in [5.74, 6) is 0. The number of β-amino-alcohol motifs (C(OH)–C–C–N with tert-alkyl or cyclic N) is 1. The van der Waals surface area contributed by atoms with E-state index in [0.717, 1.165) is 13.0 Å². The molecule has 1 aliphatic rings. The van der Waals surface area contributed by atoms with Crippen molar-refractivity contribution in [1.82, 2.24) is 4.90 Å². The molecule has 2 heteroatoms. The van der Waals surface area contributed by atoms with E-state index in [0.29, 0.717) is 6.04 Å². The molecule has 1 rings (SSSR count). The minimum atomic E-state index is -0.140. The lowest BCUT2D eigenvalue weighted by Gasteiger charge is -2.42. The summed E-state index contributed by atoms with van der Waals surface area (Å²) < 4.78 is 0. The summed E-state index contributed by atoms with van der Waals surface area (Å²) in [6.07, 6.45) is 0.777. The Morgan fingerprint density at radius 2 is 1.57 bits per heavy atom. The van der Waals surface area contributed by atoms with E-state index in [4.69, 9.17) is 0 Å². The van der Waals surface area contributed by atoms with E-state index < -0.39 is 0 Å². The highest BCUT2D eigenvalue weighted by molar-refractivity contribution is 4.97. The van der Waals surface area contributed by atoms with Crippen LogP contribution in [-0.2, 0) is 0 Å². The van der Waals surface area contributed by atoms with Gasteiger partial charge < -0.3 is 5.11 Å². The van der Waals surface area contributed by atoms with E-state index >= 15 is 0 Å². The average molecular weight is 199 g/mol. The molecule has 1 unspecified atom stereocenters. The summed E-state index contributed by atoms with van der Waals surface area (Å²) in [6.45, 7) is 14.3. The molecule has 0 aromatic rings. The molecule has 1 fully saturated rings. The number of rotatable bonds is 0. The van der Waals surface area contributed by atoms with Gasteiger partial charge in [-0.25, -0.2) is 0 Å². The SMILES string of the molecule is CC(C)(C)[C@@H]1CC(O)CN1C(C)(C)C. The van der Waals surface area contributed by atoms with Crippen LogP contribution >= 0.6 is 0 Å². The van der Waals surface area contributed by atoms with Gasteiger partial charge in [-0.3, -0.25) is 4.90 Å². The van der Waals surface area contributed by atoms with E-state index in [1.54, 1.807) is 0 Å². The van der Waals surface area contributed by atoms with Gasteiger partial charge in [0, 0.05) is 18.1 Å². The Labute approximate surface area is 88.3 Å². The topological polar surface area (TPSA) is 23.5 Å². The van der Waals surface area contributed by atoms with Crippen LogP contribution in [-0.4, -0.2) is 34.2 Å². The summed E-state index contributed by atoms with van der Waals surface area (Å²) in [6, 6.07) is 0.498. The van der Waals surface area contributed by atoms with Gasteiger partial charge in [0.25, 0.3) is 0 Å². The van der Waals surface area contributed by atoms with Gasteiger partial charge in [0.15, 0.2) is 0 Å². The van der Waals surface area contributed by atoms with Crippen molar-refractivity contribution in [3.8, 4) is 0 Å². The molecule has 0 aromatic carbocycles. The predicted molar refractivity (Wildman–Crippen MR) is 60.3 cm³/mol. The molecule has 1 heterocycles. The van der Waals surface area contributed by atoms with E-state index in [1.165, 1.54) is 0 Å². The number of hydrogen-bond acceptors (Lipinski definition) is 2. The van der Waals surface area contributed by atoms with Crippen LogP contribution in [0.25, 0.3) is 0 Å². The van der Waals surface area contributed by atoms with Crippen LogP contribution in [0.15, 0.2) is 0 Å². The second-order valence-corrected chi connectivity index (χ2v) is 6.59. The molecule has 1 N–H and O–H groups in total. The maximum absolute atomic E-state index is 9.75. The van der Waals surface area contributed by atoms with E-state index in [-0.39, 0.29) is 17.1 Å². The lowest BCUT2D eigenvalue weighted by atomic mass is 9.83. The Kier molecular flexibility index (Phi) is 2.99. The molecule has 84 valence electrons. The predicted octanol–water partition coefficient (Wildman–Crippen LogP) is 2.27. The van der Waals surface area contributed by atoms with Crippen molar-refractivity contribution in [3.05, 3.63) is 0 Å². The summed E-state index contributed by atoms with van der Waals surface area (Å²) in [5.41, 5.74) is 0.417. The van der Waals surface area contributed by atoms with Crippen LogP contribution in [0.5, 0.6) is 0 Å². The van der Waals surface area contributed by atoms with Gasteiger partial charge in [-0.15, -0.1) is 0 Å². The second kappa shape index (κ2) is 3.49. The largest absolute Gasteiger partial charge is 0.392 e. The van der Waals surface area contributed by atoms with Gasteiger partial charge in [-0.05, 0) is 32.6 Å². The zero-order valence-electron chi connectivity index (χ0n) is 10.5. The molecule has 14 heavy (non-hydrogen) atoms.